The number of nitro benzene ring substituents is 1. The molecule has 0 aliphatic rings. The van der Waals surface area contributed by atoms with Gasteiger partial charge in [-0.25, -0.2) is 5.43 Å². The number of nitrogens with one attached hydrogen (secondary N) is 2. The lowest BCUT2D eigenvalue weighted by Gasteiger charge is -2.19. The summed E-state index contributed by atoms with van der Waals surface area (Å²) in [5.41, 5.74) is 3.91. The number of anilines is 4. The van der Waals surface area contributed by atoms with Crippen molar-refractivity contribution in [1.29, 1.82) is 0 Å². The molecule has 1 heterocycles. The smallest absolute Gasteiger partial charge is 0.311 e. The lowest BCUT2D eigenvalue weighted by molar-refractivity contribution is -0.385. The predicted octanol–water partition coefficient (Wildman–Crippen LogP) is 3.82. The molecule has 0 bridgehead atoms. The number of rotatable bonds is 10. The molecular weight excluding hydrogens is 412 g/mol. The van der Waals surface area contributed by atoms with Gasteiger partial charge in [0.15, 0.2) is 0 Å². The monoisotopic (exact) mass is 436 g/mol. The van der Waals surface area contributed by atoms with Crippen molar-refractivity contribution in [3.63, 3.8) is 0 Å². The summed E-state index contributed by atoms with van der Waals surface area (Å²) in [7, 11) is 1.37. The lowest BCUT2D eigenvalue weighted by atomic mass is 10.2. The van der Waals surface area contributed by atoms with Crippen LogP contribution >= 0.6 is 0 Å². The van der Waals surface area contributed by atoms with Crippen molar-refractivity contribution in [2.24, 2.45) is 5.10 Å². The maximum Gasteiger partial charge on any atom is 0.311 e. The molecule has 1 aromatic heterocycles. The van der Waals surface area contributed by atoms with Crippen LogP contribution in [-0.4, -0.2) is 46.3 Å². The van der Waals surface area contributed by atoms with E-state index in [1.54, 1.807) is 12.1 Å². The van der Waals surface area contributed by atoms with Gasteiger partial charge >= 0.3 is 5.69 Å². The molecule has 0 unspecified atom stereocenters. The van der Waals surface area contributed by atoms with Gasteiger partial charge in [-0.2, -0.15) is 20.1 Å². The van der Waals surface area contributed by atoms with Gasteiger partial charge in [0, 0.05) is 30.4 Å². The van der Waals surface area contributed by atoms with Crippen molar-refractivity contribution in [2.45, 2.75) is 13.8 Å². The van der Waals surface area contributed by atoms with E-state index in [0.717, 1.165) is 18.8 Å². The zero-order valence-electron chi connectivity index (χ0n) is 18.0. The van der Waals surface area contributed by atoms with E-state index in [9.17, 15) is 10.1 Å². The molecule has 2 N–H and O–H groups in total. The van der Waals surface area contributed by atoms with Crippen molar-refractivity contribution in [2.75, 3.05) is 35.8 Å². The van der Waals surface area contributed by atoms with E-state index in [1.165, 1.54) is 19.4 Å². The zero-order chi connectivity index (χ0) is 22.9. The summed E-state index contributed by atoms with van der Waals surface area (Å²) in [6.45, 7) is 5.46. The summed E-state index contributed by atoms with van der Waals surface area (Å²) in [6.07, 6.45) is 1.41. The number of benzene rings is 2. The molecule has 11 nitrogen and oxygen atoms in total. The van der Waals surface area contributed by atoms with Gasteiger partial charge in [0.1, 0.15) is 0 Å². The molecule has 2 aromatic carbocycles. The van der Waals surface area contributed by atoms with Gasteiger partial charge in [0.2, 0.25) is 23.6 Å². The topological polar surface area (TPSA) is 131 Å². The third kappa shape index (κ3) is 5.45. The standard InChI is InChI=1S/C21H24N8O3/c1-4-28(5-2)21-25-19(23-16-11-7-6-8-12-16)24-20(26-21)27-22-14-15-10-9-13-17(29(30)31)18(15)32-3/h6-14H,4-5H2,1-3H3,(H2,23,24,25,26,27)/b22-14-. The van der Waals surface area contributed by atoms with E-state index in [1.807, 2.05) is 49.1 Å². The van der Waals surface area contributed by atoms with Gasteiger partial charge in [-0.15, -0.1) is 0 Å². The van der Waals surface area contributed by atoms with Crippen molar-refractivity contribution in [1.82, 2.24) is 15.0 Å². The highest BCUT2D eigenvalue weighted by Crippen LogP contribution is 2.29. The summed E-state index contributed by atoms with van der Waals surface area (Å²) in [5.74, 6) is 1.20. The first-order valence-electron chi connectivity index (χ1n) is 9.99. The van der Waals surface area contributed by atoms with Gasteiger partial charge < -0.3 is 15.0 Å². The molecule has 166 valence electrons. The second kappa shape index (κ2) is 10.7. The molecule has 3 aromatic rings. The van der Waals surface area contributed by atoms with Crippen molar-refractivity contribution in [3.8, 4) is 5.75 Å². The number of ether oxygens (including phenoxy) is 1. The van der Waals surface area contributed by atoms with Gasteiger partial charge in [-0.05, 0) is 32.0 Å². The highest BCUT2D eigenvalue weighted by Gasteiger charge is 2.17. The number of aromatic nitrogens is 3. The first-order valence-corrected chi connectivity index (χ1v) is 9.99. The molecule has 11 heteroatoms. The lowest BCUT2D eigenvalue weighted by Crippen LogP contribution is -2.25. The quantitative estimate of drug-likeness (QED) is 0.276. The van der Waals surface area contributed by atoms with Crippen molar-refractivity contribution >= 4 is 35.4 Å². The molecule has 0 saturated carbocycles. The fourth-order valence-electron chi connectivity index (χ4n) is 2.94. The summed E-state index contributed by atoms with van der Waals surface area (Å²) >= 11 is 0. The normalized spacial score (nSPS) is 10.7. The van der Waals surface area contributed by atoms with Gasteiger partial charge in [0.25, 0.3) is 0 Å². The van der Waals surface area contributed by atoms with Crippen LogP contribution < -0.4 is 20.4 Å². The van der Waals surface area contributed by atoms with E-state index in [2.05, 4.69) is 30.8 Å². The minimum absolute atomic E-state index is 0.119. The van der Waals surface area contributed by atoms with E-state index in [0.29, 0.717) is 17.5 Å². The Labute approximate surface area is 185 Å². The molecule has 0 amide bonds. The number of nitro groups is 1. The van der Waals surface area contributed by atoms with E-state index in [4.69, 9.17) is 4.74 Å². The maximum atomic E-state index is 11.2. The summed E-state index contributed by atoms with van der Waals surface area (Å²) in [6, 6.07) is 14.1. The Hall–Kier alpha value is -4.28. The molecular formula is C21H24N8O3. The number of para-hydroxylation sites is 2. The Morgan fingerprint density at radius 2 is 1.78 bits per heavy atom. The average Bonchev–Trinajstić information content (AvgIpc) is 2.80. The number of hydrogen-bond donors (Lipinski definition) is 2. The SMILES string of the molecule is CCN(CC)c1nc(N/N=C\c2cccc([N+](=O)[O-])c2OC)nc(Nc2ccccc2)n1. The van der Waals surface area contributed by atoms with Crippen LogP contribution in [0.2, 0.25) is 0 Å². The average molecular weight is 436 g/mol. The highest BCUT2D eigenvalue weighted by atomic mass is 16.6. The van der Waals surface area contributed by atoms with E-state index < -0.39 is 4.92 Å². The molecule has 32 heavy (non-hydrogen) atoms. The summed E-state index contributed by atoms with van der Waals surface area (Å²) in [5, 5.41) is 18.5. The van der Waals surface area contributed by atoms with Crippen molar-refractivity contribution in [3.05, 3.63) is 64.2 Å². The largest absolute Gasteiger partial charge is 0.490 e. The third-order valence-electron chi connectivity index (χ3n) is 4.49. The zero-order valence-corrected chi connectivity index (χ0v) is 18.0. The Kier molecular flexibility index (Phi) is 7.46. The summed E-state index contributed by atoms with van der Waals surface area (Å²) < 4.78 is 5.19. The maximum absolute atomic E-state index is 11.2. The fraction of sp³-hybridized carbons (Fsp3) is 0.238. The number of hydrogen-bond acceptors (Lipinski definition) is 10. The van der Waals surface area contributed by atoms with Crippen LogP contribution in [0.4, 0.5) is 29.2 Å². The minimum Gasteiger partial charge on any atom is -0.490 e. The van der Waals surface area contributed by atoms with Gasteiger partial charge in [0.05, 0.1) is 18.2 Å². The first kappa shape index (κ1) is 22.4. The predicted molar refractivity (Wildman–Crippen MR) is 124 cm³/mol. The van der Waals surface area contributed by atoms with Crippen LogP contribution in [0.25, 0.3) is 0 Å². The second-order valence-corrected chi connectivity index (χ2v) is 6.47. The number of methoxy groups -OCH3 is 1. The van der Waals surface area contributed by atoms with Gasteiger partial charge in [-0.1, -0.05) is 24.3 Å². The van der Waals surface area contributed by atoms with Crippen LogP contribution in [0, 0.1) is 10.1 Å². The molecule has 0 saturated heterocycles. The Morgan fingerprint density at radius 1 is 1.06 bits per heavy atom. The fourth-order valence-corrected chi connectivity index (χ4v) is 2.94. The number of hydrazone groups is 1. The molecule has 0 radical (unpaired) electrons. The molecule has 3 rings (SSSR count). The molecule has 0 spiro atoms. The Bertz CT molecular complexity index is 1090. The minimum atomic E-state index is -0.506. The van der Waals surface area contributed by atoms with Gasteiger partial charge in [-0.3, -0.25) is 10.1 Å². The first-order chi connectivity index (χ1) is 15.5. The molecule has 0 atom stereocenters. The molecule has 0 aliphatic carbocycles. The van der Waals surface area contributed by atoms with E-state index in [-0.39, 0.29) is 17.4 Å². The van der Waals surface area contributed by atoms with E-state index >= 15 is 0 Å². The number of nitrogens with zero attached hydrogens (tertiary/aromatic N) is 6. The molecule has 0 fully saturated rings. The van der Waals surface area contributed by atoms with Crippen LogP contribution in [0.1, 0.15) is 19.4 Å². The third-order valence-corrected chi connectivity index (χ3v) is 4.49. The van der Waals surface area contributed by atoms with Crippen LogP contribution in [-0.2, 0) is 0 Å². The van der Waals surface area contributed by atoms with Crippen LogP contribution in [0.3, 0.4) is 0 Å². The summed E-state index contributed by atoms with van der Waals surface area (Å²) in [4.78, 5) is 26.0. The second-order valence-electron chi connectivity index (χ2n) is 6.47. The van der Waals surface area contributed by atoms with Crippen molar-refractivity contribution < 1.29 is 9.66 Å². The highest BCUT2D eigenvalue weighted by molar-refractivity contribution is 5.86. The van der Waals surface area contributed by atoms with Crippen LogP contribution in [0.5, 0.6) is 5.75 Å². The van der Waals surface area contributed by atoms with Crippen LogP contribution in [0.15, 0.2) is 53.6 Å². The Morgan fingerprint density at radius 3 is 2.44 bits per heavy atom. The molecule has 0 aliphatic heterocycles. The Balaban J connectivity index is 1.88.